The summed E-state index contributed by atoms with van der Waals surface area (Å²) in [6.07, 6.45) is 7.07. The van der Waals surface area contributed by atoms with Crippen molar-refractivity contribution in [2.24, 2.45) is 0 Å². The minimum Gasteiger partial charge on any atom is -0.493 e. The molecule has 32 heavy (non-hydrogen) atoms. The van der Waals surface area contributed by atoms with Crippen LogP contribution in [0.15, 0.2) is 42.5 Å². The molecule has 2 aromatic rings. The number of carbonyl (C=O) groups is 2. The van der Waals surface area contributed by atoms with E-state index >= 15 is 0 Å². The molecule has 5 nitrogen and oxygen atoms in total. The van der Waals surface area contributed by atoms with Gasteiger partial charge in [0.2, 0.25) is 0 Å². The second kappa shape index (κ2) is 12.7. The molecule has 0 spiro atoms. The summed E-state index contributed by atoms with van der Waals surface area (Å²) in [6.45, 7) is 7.53. The second-order valence-electron chi connectivity index (χ2n) is 7.92. The van der Waals surface area contributed by atoms with Crippen molar-refractivity contribution in [1.82, 2.24) is 4.90 Å². The number of benzene rings is 2. The number of ketones is 1. The molecule has 2 rings (SSSR count). The number of nitrogens with zero attached hydrogens (tertiary/aromatic N) is 1. The van der Waals surface area contributed by atoms with E-state index in [9.17, 15) is 9.59 Å². The van der Waals surface area contributed by atoms with E-state index in [4.69, 9.17) is 9.47 Å². The fourth-order valence-corrected chi connectivity index (χ4v) is 3.20. The van der Waals surface area contributed by atoms with Gasteiger partial charge in [-0.25, -0.2) is 0 Å². The normalized spacial score (nSPS) is 10.9. The van der Waals surface area contributed by atoms with Crippen molar-refractivity contribution in [3.8, 4) is 11.5 Å². The molecule has 1 amide bonds. The first-order valence-corrected chi connectivity index (χ1v) is 11.4. The second-order valence-corrected chi connectivity index (χ2v) is 7.92. The zero-order valence-corrected chi connectivity index (χ0v) is 19.9. The van der Waals surface area contributed by atoms with Gasteiger partial charge in [-0.3, -0.25) is 9.59 Å². The molecule has 0 fully saturated rings. The molecule has 0 unspecified atom stereocenters. The Morgan fingerprint density at radius 3 is 2.00 bits per heavy atom. The fourth-order valence-electron chi connectivity index (χ4n) is 3.20. The zero-order valence-electron chi connectivity index (χ0n) is 19.9. The van der Waals surface area contributed by atoms with Crippen LogP contribution in [-0.2, 0) is 6.42 Å². The van der Waals surface area contributed by atoms with Crippen LogP contribution in [0.25, 0.3) is 6.08 Å². The van der Waals surface area contributed by atoms with Crippen molar-refractivity contribution in [2.75, 3.05) is 27.3 Å². The lowest BCUT2D eigenvalue weighted by Crippen LogP contribution is -2.21. The molecule has 2 aromatic carbocycles. The minimum absolute atomic E-state index is 0.0916. The van der Waals surface area contributed by atoms with Gasteiger partial charge in [-0.1, -0.05) is 39.3 Å². The van der Waals surface area contributed by atoms with Gasteiger partial charge in [0, 0.05) is 36.9 Å². The van der Waals surface area contributed by atoms with Crippen molar-refractivity contribution in [1.29, 1.82) is 0 Å². The molecule has 0 heterocycles. The third-order valence-corrected chi connectivity index (χ3v) is 4.87. The summed E-state index contributed by atoms with van der Waals surface area (Å²) in [4.78, 5) is 26.3. The van der Waals surface area contributed by atoms with E-state index in [0.717, 1.165) is 42.6 Å². The Hall–Kier alpha value is -3.08. The molecule has 0 aliphatic carbocycles. The van der Waals surface area contributed by atoms with Crippen LogP contribution < -0.4 is 9.47 Å². The Balaban J connectivity index is 2.30. The summed E-state index contributed by atoms with van der Waals surface area (Å²) >= 11 is 0. The number of amides is 1. The predicted molar refractivity (Wildman–Crippen MR) is 130 cm³/mol. The maximum atomic E-state index is 12.7. The lowest BCUT2D eigenvalue weighted by molar-refractivity contribution is 0.0827. The molecule has 5 heteroatoms. The van der Waals surface area contributed by atoms with Gasteiger partial charge in [-0.2, -0.15) is 0 Å². The first kappa shape index (κ1) is 25.2. The number of ether oxygens (including phenoxy) is 2. The first-order valence-electron chi connectivity index (χ1n) is 11.4. The standard InChI is InChI=1S/C27H35NO4/c1-6-9-22-18-23(26(32-17-8-3)19-25(22)31-16-7-2)14-15-24(29)20-10-12-21(13-11-20)27(30)28(4)5/h10-15,18-19H,6-9,16-17H2,1-5H3/b15-14+. The van der Waals surface area contributed by atoms with Crippen molar-refractivity contribution >= 4 is 17.8 Å². The molecular formula is C27H35NO4. The van der Waals surface area contributed by atoms with E-state index in [1.807, 2.05) is 6.07 Å². The highest BCUT2D eigenvalue weighted by molar-refractivity contribution is 6.07. The summed E-state index contributed by atoms with van der Waals surface area (Å²) in [6, 6.07) is 10.7. The van der Waals surface area contributed by atoms with Crippen LogP contribution in [-0.4, -0.2) is 43.9 Å². The number of hydrogen-bond acceptors (Lipinski definition) is 4. The summed E-state index contributed by atoms with van der Waals surface area (Å²) in [5.74, 6) is 1.35. The van der Waals surface area contributed by atoms with E-state index in [1.54, 1.807) is 50.5 Å². The van der Waals surface area contributed by atoms with Gasteiger partial charge in [0.25, 0.3) is 5.91 Å². The number of allylic oxidation sites excluding steroid dienone is 1. The van der Waals surface area contributed by atoms with Crippen LogP contribution in [0.5, 0.6) is 11.5 Å². The van der Waals surface area contributed by atoms with E-state index in [-0.39, 0.29) is 11.7 Å². The monoisotopic (exact) mass is 437 g/mol. The van der Waals surface area contributed by atoms with E-state index in [2.05, 4.69) is 26.8 Å². The summed E-state index contributed by atoms with van der Waals surface area (Å²) in [5.41, 5.74) is 3.06. The number of hydrogen-bond donors (Lipinski definition) is 0. The highest BCUT2D eigenvalue weighted by atomic mass is 16.5. The van der Waals surface area contributed by atoms with Crippen molar-refractivity contribution in [3.05, 3.63) is 64.7 Å². The molecule has 0 saturated heterocycles. The number of aryl methyl sites for hydroxylation is 1. The predicted octanol–water partition coefficient (Wildman–Crippen LogP) is 5.81. The average Bonchev–Trinajstić information content (AvgIpc) is 2.80. The molecule has 0 N–H and O–H groups in total. The van der Waals surface area contributed by atoms with Crippen molar-refractivity contribution in [3.63, 3.8) is 0 Å². The summed E-state index contributed by atoms with van der Waals surface area (Å²) in [5, 5.41) is 0. The molecule has 0 aromatic heterocycles. The van der Waals surface area contributed by atoms with Gasteiger partial charge in [-0.15, -0.1) is 0 Å². The molecule has 0 radical (unpaired) electrons. The van der Waals surface area contributed by atoms with E-state index in [0.29, 0.717) is 30.1 Å². The van der Waals surface area contributed by atoms with Gasteiger partial charge in [0.1, 0.15) is 11.5 Å². The lowest BCUT2D eigenvalue weighted by atomic mass is 10.0. The van der Waals surface area contributed by atoms with Crippen LogP contribution in [0.1, 0.15) is 71.9 Å². The largest absolute Gasteiger partial charge is 0.493 e. The maximum absolute atomic E-state index is 12.7. The smallest absolute Gasteiger partial charge is 0.253 e. The highest BCUT2D eigenvalue weighted by Crippen LogP contribution is 2.32. The van der Waals surface area contributed by atoms with Gasteiger partial charge < -0.3 is 14.4 Å². The van der Waals surface area contributed by atoms with Gasteiger partial charge in [0.05, 0.1) is 13.2 Å². The van der Waals surface area contributed by atoms with Crippen LogP contribution in [0.4, 0.5) is 0 Å². The first-order chi connectivity index (χ1) is 15.4. The Kier molecular flexibility index (Phi) is 9.99. The van der Waals surface area contributed by atoms with E-state index < -0.39 is 0 Å². The zero-order chi connectivity index (χ0) is 23.5. The van der Waals surface area contributed by atoms with Crippen LogP contribution in [0.3, 0.4) is 0 Å². The van der Waals surface area contributed by atoms with Gasteiger partial charge in [0.15, 0.2) is 5.78 Å². The minimum atomic E-state index is -0.126. The van der Waals surface area contributed by atoms with Crippen molar-refractivity contribution in [2.45, 2.75) is 46.5 Å². The Morgan fingerprint density at radius 1 is 0.844 bits per heavy atom. The van der Waals surface area contributed by atoms with Crippen LogP contribution >= 0.6 is 0 Å². The van der Waals surface area contributed by atoms with Crippen molar-refractivity contribution < 1.29 is 19.1 Å². The molecule has 0 aliphatic heterocycles. The Labute approximate surface area is 192 Å². The van der Waals surface area contributed by atoms with Gasteiger partial charge >= 0.3 is 0 Å². The van der Waals surface area contributed by atoms with Gasteiger partial charge in [-0.05, 0) is 55.2 Å². The average molecular weight is 438 g/mol. The molecule has 0 aliphatic rings. The van der Waals surface area contributed by atoms with Crippen LogP contribution in [0, 0.1) is 0 Å². The molecule has 0 atom stereocenters. The molecule has 172 valence electrons. The summed E-state index contributed by atoms with van der Waals surface area (Å²) in [7, 11) is 3.40. The topological polar surface area (TPSA) is 55.8 Å². The molecular weight excluding hydrogens is 402 g/mol. The third-order valence-electron chi connectivity index (χ3n) is 4.87. The van der Waals surface area contributed by atoms with E-state index in [1.165, 1.54) is 4.90 Å². The Bertz CT molecular complexity index is 929. The highest BCUT2D eigenvalue weighted by Gasteiger charge is 2.12. The Morgan fingerprint density at radius 2 is 1.44 bits per heavy atom. The summed E-state index contributed by atoms with van der Waals surface area (Å²) < 4.78 is 11.9. The SMILES string of the molecule is CCCOc1cc(OCCC)c(CCC)cc1/C=C/C(=O)c1ccc(C(=O)N(C)C)cc1. The van der Waals surface area contributed by atoms with Crippen LogP contribution in [0.2, 0.25) is 0 Å². The molecule has 0 saturated carbocycles. The fraction of sp³-hybridized carbons (Fsp3) is 0.407. The maximum Gasteiger partial charge on any atom is 0.253 e. The lowest BCUT2D eigenvalue weighted by Gasteiger charge is -2.16. The quantitative estimate of drug-likeness (QED) is 0.310. The third kappa shape index (κ3) is 6.98. The number of rotatable bonds is 12. The number of carbonyl (C=O) groups excluding carboxylic acids is 2. The molecule has 0 bridgehead atoms.